The lowest BCUT2D eigenvalue weighted by Crippen LogP contribution is -2.47. The first-order chi connectivity index (χ1) is 7.10. The van der Waals surface area contributed by atoms with Gasteiger partial charge in [0.1, 0.15) is 0 Å². The maximum absolute atomic E-state index is 10.2. The van der Waals surface area contributed by atoms with Crippen LogP contribution in [0.5, 0.6) is 0 Å². The Kier molecular flexibility index (Phi) is 5.03. The maximum atomic E-state index is 10.2. The Labute approximate surface area is 92.8 Å². The zero-order valence-corrected chi connectivity index (χ0v) is 10.2. The highest BCUT2D eigenvalue weighted by Crippen LogP contribution is 2.32. The van der Waals surface area contributed by atoms with Crippen LogP contribution in [0.3, 0.4) is 0 Å². The molecule has 0 aromatic rings. The lowest BCUT2D eigenvalue weighted by molar-refractivity contribution is -0.153. The van der Waals surface area contributed by atoms with E-state index in [2.05, 4.69) is 6.92 Å². The second-order valence-electron chi connectivity index (χ2n) is 4.82. The van der Waals surface area contributed by atoms with E-state index in [-0.39, 0.29) is 17.6 Å². The summed E-state index contributed by atoms with van der Waals surface area (Å²) < 4.78 is 10.8. The molecule has 0 aliphatic carbocycles. The first-order valence-electron chi connectivity index (χ1n) is 5.91. The number of methoxy groups -OCH3 is 1. The summed E-state index contributed by atoms with van der Waals surface area (Å²) >= 11 is 0. The van der Waals surface area contributed by atoms with Gasteiger partial charge in [0.2, 0.25) is 0 Å². The Balaban J connectivity index is 2.45. The number of aliphatic hydroxyl groups is 1. The van der Waals surface area contributed by atoms with E-state index in [4.69, 9.17) is 9.47 Å². The van der Waals surface area contributed by atoms with Gasteiger partial charge in [-0.3, -0.25) is 0 Å². The number of hydrogen-bond acceptors (Lipinski definition) is 3. The number of aliphatic hydroxyl groups excluding tert-OH is 1. The van der Waals surface area contributed by atoms with Crippen LogP contribution in [0, 0.1) is 5.92 Å². The van der Waals surface area contributed by atoms with Crippen molar-refractivity contribution in [3.63, 3.8) is 0 Å². The van der Waals surface area contributed by atoms with Gasteiger partial charge < -0.3 is 14.6 Å². The quantitative estimate of drug-likeness (QED) is 0.763. The second-order valence-corrected chi connectivity index (χ2v) is 4.82. The van der Waals surface area contributed by atoms with Gasteiger partial charge in [-0.15, -0.1) is 0 Å². The fraction of sp³-hybridized carbons (Fsp3) is 1.00. The van der Waals surface area contributed by atoms with Crippen molar-refractivity contribution in [2.24, 2.45) is 5.92 Å². The van der Waals surface area contributed by atoms with E-state index in [0.29, 0.717) is 6.61 Å². The molecule has 1 saturated heterocycles. The molecule has 3 heteroatoms. The molecule has 3 atom stereocenters. The third-order valence-corrected chi connectivity index (χ3v) is 3.44. The smallest absolute Gasteiger partial charge is 0.0914 e. The summed E-state index contributed by atoms with van der Waals surface area (Å²) in [5.41, 5.74) is -0.342. The molecule has 0 spiro atoms. The summed E-state index contributed by atoms with van der Waals surface area (Å²) in [6, 6.07) is 0. The van der Waals surface area contributed by atoms with Gasteiger partial charge >= 0.3 is 0 Å². The van der Waals surface area contributed by atoms with Crippen LogP contribution < -0.4 is 0 Å². The Morgan fingerprint density at radius 2 is 2.20 bits per heavy atom. The Hall–Kier alpha value is -0.120. The van der Waals surface area contributed by atoms with Crippen LogP contribution in [0.25, 0.3) is 0 Å². The van der Waals surface area contributed by atoms with Crippen molar-refractivity contribution in [3.8, 4) is 0 Å². The van der Waals surface area contributed by atoms with E-state index >= 15 is 0 Å². The third-order valence-electron chi connectivity index (χ3n) is 3.44. The first kappa shape index (κ1) is 12.9. The highest BCUT2D eigenvalue weighted by molar-refractivity contribution is 4.89. The SMILES string of the molecule is COCCC(C)C(O)C1(C)CCCCO1. The van der Waals surface area contributed by atoms with Crippen LogP contribution in [0.15, 0.2) is 0 Å². The third kappa shape index (κ3) is 3.44. The molecule has 15 heavy (non-hydrogen) atoms. The molecule has 1 aliphatic rings. The fourth-order valence-corrected chi connectivity index (χ4v) is 2.25. The maximum Gasteiger partial charge on any atom is 0.0914 e. The van der Waals surface area contributed by atoms with E-state index in [9.17, 15) is 5.11 Å². The summed E-state index contributed by atoms with van der Waals surface area (Å²) in [7, 11) is 1.69. The molecule has 1 fully saturated rings. The normalized spacial score (nSPS) is 31.2. The van der Waals surface area contributed by atoms with Gasteiger partial charge in [0.05, 0.1) is 11.7 Å². The Morgan fingerprint density at radius 1 is 1.47 bits per heavy atom. The van der Waals surface area contributed by atoms with Crippen molar-refractivity contribution in [1.82, 2.24) is 0 Å². The van der Waals surface area contributed by atoms with Crippen molar-refractivity contribution >= 4 is 0 Å². The summed E-state index contributed by atoms with van der Waals surface area (Å²) in [4.78, 5) is 0. The molecule has 1 N–H and O–H groups in total. The van der Waals surface area contributed by atoms with Crippen molar-refractivity contribution in [2.75, 3.05) is 20.3 Å². The van der Waals surface area contributed by atoms with Crippen molar-refractivity contribution in [3.05, 3.63) is 0 Å². The van der Waals surface area contributed by atoms with Crippen LogP contribution in [-0.4, -0.2) is 37.1 Å². The lowest BCUT2D eigenvalue weighted by atomic mass is 9.82. The zero-order valence-electron chi connectivity index (χ0n) is 10.2. The predicted molar refractivity (Wildman–Crippen MR) is 59.9 cm³/mol. The molecule has 3 nitrogen and oxygen atoms in total. The van der Waals surface area contributed by atoms with Crippen LogP contribution >= 0.6 is 0 Å². The van der Waals surface area contributed by atoms with Gasteiger partial charge in [-0.25, -0.2) is 0 Å². The average Bonchev–Trinajstić information content (AvgIpc) is 2.26. The van der Waals surface area contributed by atoms with Gasteiger partial charge in [-0.1, -0.05) is 6.92 Å². The molecule has 3 unspecified atom stereocenters. The minimum Gasteiger partial charge on any atom is -0.390 e. The fourth-order valence-electron chi connectivity index (χ4n) is 2.25. The number of hydrogen-bond donors (Lipinski definition) is 1. The summed E-state index contributed by atoms with van der Waals surface area (Å²) in [6.07, 6.45) is 3.74. The molecule has 0 aromatic carbocycles. The summed E-state index contributed by atoms with van der Waals surface area (Å²) in [6.45, 7) is 5.58. The van der Waals surface area contributed by atoms with Crippen molar-refractivity contribution < 1.29 is 14.6 Å². The standard InChI is InChI=1S/C12H24O3/c1-10(6-9-14-3)11(13)12(2)7-4-5-8-15-12/h10-11,13H,4-9H2,1-3H3. The second kappa shape index (κ2) is 5.83. The van der Waals surface area contributed by atoms with Crippen LogP contribution in [-0.2, 0) is 9.47 Å². The minimum atomic E-state index is -0.382. The molecule has 90 valence electrons. The molecule has 1 heterocycles. The predicted octanol–water partition coefficient (Wildman–Crippen LogP) is 1.98. The van der Waals surface area contributed by atoms with Gasteiger partial charge in [0.25, 0.3) is 0 Å². The number of rotatable bonds is 5. The van der Waals surface area contributed by atoms with Gasteiger partial charge in [0, 0.05) is 20.3 Å². The van der Waals surface area contributed by atoms with Gasteiger partial charge in [-0.2, -0.15) is 0 Å². The number of ether oxygens (including phenoxy) is 2. The van der Waals surface area contributed by atoms with Gasteiger partial charge in [0.15, 0.2) is 0 Å². The van der Waals surface area contributed by atoms with Crippen LogP contribution in [0.2, 0.25) is 0 Å². The first-order valence-corrected chi connectivity index (χ1v) is 5.91. The van der Waals surface area contributed by atoms with Crippen LogP contribution in [0.1, 0.15) is 39.5 Å². The molecule has 1 aliphatic heterocycles. The largest absolute Gasteiger partial charge is 0.390 e. The zero-order chi connectivity index (χ0) is 11.3. The monoisotopic (exact) mass is 216 g/mol. The minimum absolute atomic E-state index is 0.230. The lowest BCUT2D eigenvalue weighted by Gasteiger charge is -2.40. The molecule has 0 amide bonds. The van der Waals surface area contributed by atoms with E-state index < -0.39 is 0 Å². The topological polar surface area (TPSA) is 38.7 Å². The Bertz CT molecular complexity index is 176. The molecule has 1 rings (SSSR count). The van der Waals surface area contributed by atoms with Crippen LogP contribution in [0.4, 0.5) is 0 Å². The highest BCUT2D eigenvalue weighted by Gasteiger charge is 2.38. The summed E-state index contributed by atoms with van der Waals surface area (Å²) in [5.74, 6) is 0.230. The molecule has 0 bridgehead atoms. The van der Waals surface area contributed by atoms with E-state index in [0.717, 1.165) is 32.3 Å². The molecular weight excluding hydrogens is 192 g/mol. The highest BCUT2D eigenvalue weighted by atomic mass is 16.5. The molecule has 0 radical (unpaired) electrons. The average molecular weight is 216 g/mol. The molecule has 0 saturated carbocycles. The van der Waals surface area contributed by atoms with E-state index in [1.165, 1.54) is 0 Å². The van der Waals surface area contributed by atoms with E-state index in [1.807, 2.05) is 6.92 Å². The Morgan fingerprint density at radius 3 is 2.73 bits per heavy atom. The van der Waals surface area contributed by atoms with Crippen molar-refractivity contribution in [2.45, 2.75) is 51.2 Å². The van der Waals surface area contributed by atoms with Gasteiger partial charge in [-0.05, 0) is 38.5 Å². The van der Waals surface area contributed by atoms with Crippen molar-refractivity contribution in [1.29, 1.82) is 0 Å². The van der Waals surface area contributed by atoms with E-state index in [1.54, 1.807) is 7.11 Å². The molecule has 0 aromatic heterocycles. The molecular formula is C12H24O3. The summed E-state index contributed by atoms with van der Waals surface area (Å²) in [5, 5.41) is 10.2.